The molecule has 0 unspecified atom stereocenters. The quantitative estimate of drug-likeness (QED) is 0.537. The molecule has 20 heavy (non-hydrogen) atoms. The Labute approximate surface area is 125 Å². The predicted octanol–water partition coefficient (Wildman–Crippen LogP) is 6.14. The molecule has 3 rings (SSSR count). The van der Waals surface area contributed by atoms with Crippen LogP contribution in [0.25, 0.3) is 0 Å². The third-order valence-electron chi connectivity index (χ3n) is 6.83. The third kappa shape index (κ3) is 2.11. The normalized spacial score (nSPS) is 39.7. The van der Waals surface area contributed by atoms with Crippen molar-refractivity contribution in [1.82, 2.24) is 0 Å². The summed E-state index contributed by atoms with van der Waals surface area (Å²) in [6.07, 6.45) is 13.5. The van der Waals surface area contributed by atoms with E-state index in [9.17, 15) is 0 Å². The van der Waals surface area contributed by atoms with Crippen LogP contribution in [0.4, 0.5) is 0 Å². The van der Waals surface area contributed by atoms with E-state index in [1.807, 2.05) is 5.57 Å². The summed E-state index contributed by atoms with van der Waals surface area (Å²) in [6.45, 7) is 12.3. The Kier molecular flexibility index (Phi) is 3.42. The molecule has 0 aromatic heterocycles. The first-order valence-electron chi connectivity index (χ1n) is 8.76. The Bertz CT molecular complexity index is 449. The third-order valence-corrected chi connectivity index (χ3v) is 6.83. The molecule has 0 spiro atoms. The second-order valence-electron chi connectivity index (χ2n) is 8.81. The number of hydrogen-bond acceptors (Lipinski definition) is 0. The zero-order valence-corrected chi connectivity index (χ0v) is 14.1. The minimum atomic E-state index is 0.490. The van der Waals surface area contributed by atoms with Gasteiger partial charge in [0.05, 0.1) is 0 Å². The van der Waals surface area contributed by atoms with Crippen LogP contribution in [0.2, 0.25) is 0 Å². The molecule has 0 aliphatic heterocycles. The van der Waals surface area contributed by atoms with Crippen LogP contribution in [-0.2, 0) is 0 Å². The van der Waals surface area contributed by atoms with Crippen molar-refractivity contribution in [2.75, 3.05) is 0 Å². The van der Waals surface area contributed by atoms with Crippen molar-refractivity contribution in [1.29, 1.82) is 0 Å². The molecule has 2 saturated carbocycles. The molecule has 3 atom stereocenters. The van der Waals surface area contributed by atoms with Crippen molar-refractivity contribution >= 4 is 0 Å². The van der Waals surface area contributed by atoms with Crippen molar-refractivity contribution < 1.29 is 0 Å². The van der Waals surface area contributed by atoms with Crippen LogP contribution in [0.15, 0.2) is 23.3 Å². The van der Waals surface area contributed by atoms with Crippen LogP contribution < -0.4 is 0 Å². The molecular formula is C20H32. The summed E-state index contributed by atoms with van der Waals surface area (Å²) >= 11 is 0. The van der Waals surface area contributed by atoms with Gasteiger partial charge >= 0.3 is 0 Å². The Hall–Kier alpha value is -0.520. The van der Waals surface area contributed by atoms with E-state index in [0.717, 1.165) is 17.8 Å². The summed E-state index contributed by atoms with van der Waals surface area (Å²) in [7, 11) is 0. The lowest BCUT2D eigenvalue weighted by Crippen LogP contribution is -2.48. The summed E-state index contributed by atoms with van der Waals surface area (Å²) in [5.41, 5.74) is 4.52. The van der Waals surface area contributed by atoms with Crippen molar-refractivity contribution in [3.05, 3.63) is 23.3 Å². The highest BCUT2D eigenvalue weighted by atomic mass is 14.6. The lowest BCUT2D eigenvalue weighted by molar-refractivity contribution is -0.00881. The van der Waals surface area contributed by atoms with E-state index in [2.05, 4.69) is 46.8 Å². The molecule has 0 saturated heterocycles. The molecule has 0 N–H and O–H groups in total. The average Bonchev–Trinajstić information content (AvgIpc) is 2.37. The van der Waals surface area contributed by atoms with Gasteiger partial charge in [0.1, 0.15) is 0 Å². The van der Waals surface area contributed by atoms with Gasteiger partial charge in [-0.25, -0.2) is 0 Å². The summed E-state index contributed by atoms with van der Waals surface area (Å²) in [6, 6.07) is 0. The minimum absolute atomic E-state index is 0.490. The van der Waals surface area contributed by atoms with Crippen LogP contribution in [-0.4, -0.2) is 0 Å². The van der Waals surface area contributed by atoms with E-state index in [1.54, 1.807) is 5.57 Å². The minimum Gasteiger partial charge on any atom is -0.0671 e. The predicted molar refractivity (Wildman–Crippen MR) is 87.6 cm³/mol. The maximum atomic E-state index is 2.59. The zero-order chi connectivity index (χ0) is 14.5. The molecule has 0 nitrogen and oxygen atoms in total. The first kappa shape index (κ1) is 14.4. The smallest absolute Gasteiger partial charge is 0.00770 e. The van der Waals surface area contributed by atoms with Gasteiger partial charge in [0, 0.05) is 0 Å². The van der Waals surface area contributed by atoms with Crippen LogP contribution in [0.1, 0.15) is 73.1 Å². The first-order chi connectivity index (χ1) is 9.34. The Morgan fingerprint density at radius 2 is 1.80 bits per heavy atom. The molecule has 0 heterocycles. The number of hydrogen-bond donors (Lipinski definition) is 0. The van der Waals surface area contributed by atoms with Crippen molar-refractivity contribution in [2.45, 2.75) is 73.1 Å². The van der Waals surface area contributed by atoms with E-state index in [-0.39, 0.29) is 0 Å². The second kappa shape index (κ2) is 4.75. The van der Waals surface area contributed by atoms with Crippen LogP contribution >= 0.6 is 0 Å². The van der Waals surface area contributed by atoms with E-state index in [4.69, 9.17) is 0 Å². The SMILES string of the molecule is CC(C)C1=CC=C2[C@@H](CC[C@H]3C(C)(C)CCC[C@]23C)C1. The molecule has 0 amide bonds. The van der Waals surface area contributed by atoms with Crippen molar-refractivity contribution in [3.8, 4) is 0 Å². The average molecular weight is 272 g/mol. The molecule has 2 fully saturated rings. The van der Waals surface area contributed by atoms with Crippen LogP contribution in [0, 0.1) is 28.6 Å². The molecule has 0 radical (unpaired) electrons. The number of rotatable bonds is 1. The summed E-state index contributed by atoms with van der Waals surface area (Å²) < 4.78 is 0. The van der Waals surface area contributed by atoms with Gasteiger partial charge in [0.15, 0.2) is 0 Å². The van der Waals surface area contributed by atoms with Crippen molar-refractivity contribution in [3.63, 3.8) is 0 Å². The fourth-order valence-corrected chi connectivity index (χ4v) is 5.68. The number of fused-ring (bicyclic) bond motifs is 3. The molecule has 3 aliphatic rings. The molecule has 0 heteroatoms. The molecule has 0 aromatic carbocycles. The topological polar surface area (TPSA) is 0 Å². The van der Waals surface area contributed by atoms with E-state index in [1.165, 1.54) is 38.5 Å². The van der Waals surface area contributed by atoms with Crippen molar-refractivity contribution in [2.24, 2.45) is 28.6 Å². The van der Waals surface area contributed by atoms with E-state index < -0.39 is 0 Å². The second-order valence-corrected chi connectivity index (χ2v) is 8.81. The summed E-state index contributed by atoms with van der Waals surface area (Å²) in [5, 5.41) is 0. The molecule has 3 aliphatic carbocycles. The molecule has 0 bridgehead atoms. The van der Waals surface area contributed by atoms with Gasteiger partial charge < -0.3 is 0 Å². The maximum Gasteiger partial charge on any atom is -0.00770 e. The molecular weight excluding hydrogens is 240 g/mol. The van der Waals surface area contributed by atoms with E-state index in [0.29, 0.717) is 10.8 Å². The standard InChI is InChI=1S/C20H32/c1-14(2)15-7-9-17-16(13-15)8-10-18-19(3,4)11-6-12-20(17,18)5/h7,9,14,16,18H,6,8,10-13H2,1-5H3/t16-,18-,20+/m0/s1. The largest absolute Gasteiger partial charge is 0.0671 e. The Morgan fingerprint density at radius 3 is 2.50 bits per heavy atom. The fourth-order valence-electron chi connectivity index (χ4n) is 5.68. The fraction of sp³-hybridized carbons (Fsp3) is 0.800. The van der Waals surface area contributed by atoms with Gasteiger partial charge in [-0.05, 0) is 60.7 Å². The van der Waals surface area contributed by atoms with E-state index >= 15 is 0 Å². The first-order valence-corrected chi connectivity index (χ1v) is 8.76. The van der Waals surface area contributed by atoms with Gasteiger partial charge in [-0.3, -0.25) is 0 Å². The zero-order valence-electron chi connectivity index (χ0n) is 14.1. The Morgan fingerprint density at radius 1 is 1.05 bits per heavy atom. The monoisotopic (exact) mass is 272 g/mol. The van der Waals surface area contributed by atoms with Gasteiger partial charge in [0.2, 0.25) is 0 Å². The van der Waals surface area contributed by atoms with Gasteiger partial charge in [-0.15, -0.1) is 0 Å². The summed E-state index contributed by atoms with van der Waals surface area (Å²) in [5.74, 6) is 2.48. The highest BCUT2D eigenvalue weighted by molar-refractivity contribution is 5.34. The van der Waals surface area contributed by atoms with Gasteiger partial charge in [0.25, 0.3) is 0 Å². The lowest BCUT2D eigenvalue weighted by Gasteiger charge is -2.57. The maximum absolute atomic E-state index is 2.59. The summed E-state index contributed by atoms with van der Waals surface area (Å²) in [4.78, 5) is 0. The number of allylic oxidation sites excluding steroid dienone is 4. The lowest BCUT2D eigenvalue weighted by atomic mass is 9.47. The van der Waals surface area contributed by atoms with Crippen LogP contribution in [0.3, 0.4) is 0 Å². The van der Waals surface area contributed by atoms with Gasteiger partial charge in [-0.2, -0.15) is 0 Å². The highest BCUT2D eigenvalue weighted by Gasteiger charge is 2.52. The molecule has 0 aromatic rings. The highest BCUT2D eigenvalue weighted by Crippen LogP contribution is 2.62. The Balaban J connectivity index is 1.97. The van der Waals surface area contributed by atoms with Gasteiger partial charge in [-0.1, -0.05) is 64.3 Å². The van der Waals surface area contributed by atoms with Crippen LogP contribution in [0.5, 0.6) is 0 Å². The molecule has 112 valence electrons.